The molecule has 1 unspecified atom stereocenters. The van der Waals surface area contributed by atoms with Crippen LogP contribution in [0.4, 0.5) is 0 Å². The van der Waals surface area contributed by atoms with E-state index in [-0.39, 0.29) is 11.8 Å². The highest BCUT2D eigenvalue weighted by Crippen LogP contribution is 2.27. The first-order valence-corrected chi connectivity index (χ1v) is 9.39. The number of aryl methyl sites for hydroxylation is 1. The number of hydrogen-bond donors (Lipinski definition) is 0. The molecular formula is C20H20ClN5O. The molecule has 0 bridgehead atoms. The summed E-state index contributed by atoms with van der Waals surface area (Å²) in [6.07, 6.45) is 6.51. The van der Waals surface area contributed by atoms with E-state index in [0.717, 1.165) is 34.5 Å². The number of carbonyl (C=O) groups excluding carboxylic acids is 1. The van der Waals surface area contributed by atoms with E-state index in [0.29, 0.717) is 18.0 Å². The first-order chi connectivity index (χ1) is 13.0. The molecule has 4 heterocycles. The van der Waals surface area contributed by atoms with Gasteiger partial charge in [0.25, 0.3) is 0 Å². The van der Waals surface area contributed by atoms with Gasteiger partial charge in [-0.1, -0.05) is 31.5 Å². The molecule has 0 fully saturated rings. The van der Waals surface area contributed by atoms with Crippen molar-refractivity contribution in [1.29, 1.82) is 0 Å². The van der Waals surface area contributed by atoms with Crippen molar-refractivity contribution in [2.24, 2.45) is 11.0 Å². The summed E-state index contributed by atoms with van der Waals surface area (Å²) < 4.78 is 1.80. The molecule has 27 heavy (non-hydrogen) atoms. The summed E-state index contributed by atoms with van der Waals surface area (Å²) in [6, 6.07) is 7.76. The fourth-order valence-electron chi connectivity index (χ4n) is 3.34. The van der Waals surface area contributed by atoms with Crippen molar-refractivity contribution < 1.29 is 4.79 Å². The quantitative estimate of drug-likeness (QED) is 0.692. The third-order valence-electron chi connectivity index (χ3n) is 4.75. The molecule has 0 N–H and O–H groups in total. The van der Waals surface area contributed by atoms with Gasteiger partial charge in [0.1, 0.15) is 0 Å². The average Bonchev–Trinajstić information content (AvgIpc) is 3.07. The highest BCUT2D eigenvalue weighted by atomic mass is 35.5. The molecule has 4 rings (SSSR count). The van der Waals surface area contributed by atoms with Crippen LogP contribution >= 0.6 is 11.6 Å². The maximum Gasteiger partial charge on any atom is 0.243 e. The van der Waals surface area contributed by atoms with Crippen molar-refractivity contribution in [2.45, 2.75) is 33.2 Å². The first-order valence-electron chi connectivity index (χ1n) is 9.01. The fraction of sp³-hybridized carbons (Fsp3) is 0.300. The Morgan fingerprint density at radius 2 is 2.19 bits per heavy atom. The van der Waals surface area contributed by atoms with Crippen LogP contribution in [-0.4, -0.2) is 31.2 Å². The minimum Gasteiger partial charge on any atom is -0.273 e. The molecule has 1 aliphatic rings. The number of pyridine rings is 2. The molecular weight excluding hydrogens is 362 g/mol. The molecule has 0 aromatic carbocycles. The van der Waals surface area contributed by atoms with E-state index >= 15 is 0 Å². The molecule has 1 aliphatic heterocycles. The molecule has 0 radical (unpaired) electrons. The summed E-state index contributed by atoms with van der Waals surface area (Å²) in [5.41, 5.74) is 4.67. The number of hydrogen-bond acceptors (Lipinski definition) is 4. The number of hydrazone groups is 1. The zero-order valence-electron chi connectivity index (χ0n) is 15.3. The molecule has 0 aliphatic carbocycles. The maximum absolute atomic E-state index is 12.5. The summed E-state index contributed by atoms with van der Waals surface area (Å²) in [6.45, 7) is 4.49. The standard InChI is InChI=1S/C20H20ClN5O/c1-3-16-9-18-17(8-15(21)12-25(18)23-16)20-13(2)7-19(27)26(24-20)11-14-5-4-6-22-10-14/h4-6,8-10,12-13H,3,7,11H2,1-2H3. The molecule has 0 saturated carbocycles. The predicted molar refractivity (Wildman–Crippen MR) is 105 cm³/mol. The molecule has 1 amide bonds. The van der Waals surface area contributed by atoms with Crippen molar-refractivity contribution in [3.8, 4) is 0 Å². The van der Waals surface area contributed by atoms with Crippen LogP contribution in [0.1, 0.15) is 37.1 Å². The fourth-order valence-corrected chi connectivity index (χ4v) is 3.55. The summed E-state index contributed by atoms with van der Waals surface area (Å²) >= 11 is 6.33. The van der Waals surface area contributed by atoms with Gasteiger partial charge in [-0.2, -0.15) is 10.2 Å². The smallest absolute Gasteiger partial charge is 0.243 e. The molecule has 1 atom stereocenters. The summed E-state index contributed by atoms with van der Waals surface area (Å²) in [5, 5.41) is 11.4. The molecule has 7 heteroatoms. The van der Waals surface area contributed by atoms with E-state index in [2.05, 4.69) is 23.1 Å². The number of rotatable bonds is 4. The number of aromatic nitrogens is 3. The van der Waals surface area contributed by atoms with Crippen LogP contribution in [0.2, 0.25) is 5.02 Å². The van der Waals surface area contributed by atoms with Gasteiger partial charge in [-0.25, -0.2) is 9.52 Å². The van der Waals surface area contributed by atoms with Gasteiger partial charge in [-0.15, -0.1) is 0 Å². The second kappa shape index (κ2) is 7.12. The largest absolute Gasteiger partial charge is 0.273 e. The van der Waals surface area contributed by atoms with Crippen LogP contribution in [0.5, 0.6) is 0 Å². The van der Waals surface area contributed by atoms with Gasteiger partial charge in [-0.3, -0.25) is 9.78 Å². The third-order valence-corrected chi connectivity index (χ3v) is 4.95. The van der Waals surface area contributed by atoms with E-state index in [1.165, 1.54) is 5.01 Å². The van der Waals surface area contributed by atoms with Crippen molar-refractivity contribution in [1.82, 2.24) is 19.6 Å². The Balaban J connectivity index is 1.79. The summed E-state index contributed by atoms with van der Waals surface area (Å²) in [7, 11) is 0. The molecule has 0 spiro atoms. The Bertz CT molecular complexity index is 1030. The lowest BCUT2D eigenvalue weighted by Gasteiger charge is -2.28. The van der Waals surface area contributed by atoms with Crippen LogP contribution in [0, 0.1) is 5.92 Å². The Kier molecular flexibility index (Phi) is 4.66. The van der Waals surface area contributed by atoms with Gasteiger partial charge in [0.15, 0.2) is 0 Å². The molecule has 138 valence electrons. The minimum atomic E-state index is 0.00453. The lowest BCUT2D eigenvalue weighted by Crippen LogP contribution is -2.36. The van der Waals surface area contributed by atoms with Gasteiger partial charge >= 0.3 is 0 Å². The molecule has 3 aromatic rings. The average molecular weight is 382 g/mol. The normalized spacial score (nSPS) is 17.4. The number of halogens is 1. The van der Waals surface area contributed by atoms with Crippen LogP contribution in [0.25, 0.3) is 5.52 Å². The number of amides is 1. The van der Waals surface area contributed by atoms with Crippen molar-refractivity contribution in [3.05, 3.63) is 64.7 Å². The minimum absolute atomic E-state index is 0.00453. The van der Waals surface area contributed by atoms with Crippen molar-refractivity contribution in [2.75, 3.05) is 0 Å². The zero-order chi connectivity index (χ0) is 19.0. The van der Waals surface area contributed by atoms with Gasteiger partial charge in [0.05, 0.1) is 28.5 Å². The van der Waals surface area contributed by atoms with E-state index in [9.17, 15) is 4.79 Å². The van der Waals surface area contributed by atoms with Crippen molar-refractivity contribution >= 4 is 28.7 Å². The van der Waals surface area contributed by atoms with Crippen LogP contribution in [0.3, 0.4) is 0 Å². The third kappa shape index (κ3) is 3.45. The number of nitrogens with zero attached hydrogens (tertiary/aromatic N) is 5. The molecule has 0 saturated heterocycles. The Morgan fingerprint density at radius 1 is 1.33 bits per heavy atom. The molecule has 3 aromatic heterocycles. The Morgan fingerprint density at radius 3 is 2.93 bits per heavy atom. The Hall–Kier alpha value is -2.73. The van der Waals surface area contributed by atoms with E-state index in [4.69, 9.17) is 16.7 Å². The molecule has 6 nitrogen and oxygen atoms in total. The monoisotopic (exact) mass is 381 g/mol. The van der Waals surface area contributed by atoms with Gasteiger partial charge in [-0.05, 0) is 30.2 Å². The van der Waals surface area contributed by atoms with Gasteiger partial charge in [0.2, 0.25) is 5.91 Å². The highest BCUT2D eigenvalue weighted by Gasteiger charge is 2.29. The van der Waals surface area contributed by atoms with Gasteiger partial charge < -0.3 is 0 Å². The van der Waals surface area contributed by atoms with Crippen LogP contribution < -0.4 is 0 Å². The number of fused-ring (bicyclic) bond motifs is 1. The second-order valence-corrected chi connectivity index (χ2v) is 7.23. The summed E-state index contributed by atoms with van der Waals surface area (Å²) in [5.74, 6) is 0.0146. The Labute approximate surface area is 162 Å². The van der Waals surface area contributed by atoms with Gasteiger partial charge in [0, 0.05) is 36.5 Å². The van der Waals surface area contributed by atoms with Crippen LogP contribution in [0.15, 0.2) is 48.0 Å². The number of carbonyl (C=O) groups is 1. The maximum atomic E-state index is 12.5. The SMILES string of the molecule is CCc1cc2c(C3=NN(Cc4cccnc4)C(=O)CC3C)cc(Cl)cn2n1. The second-order valence-electron chi connectivity index (χ2n) is 6.79. The van der Waals surface area contributed by atoms with E-state index < -0.39 is 0 Å². The summed E-state index contributed by atoms with van der Waals surface area (Å²) in [4.78, 5) is 16.6. The highest BCUT2D eigenvalue weighted by molar-refractivity contribution is 6.31. The van der Waals surface area contributed by atoms with E-state index in [1.807, 2.05) is 25.1 Å². The lowest BCUT2D eigenvalue weighted by molar-refractivity contribution is -0.133. The van der Waals surface area contributed by atoms with Crippen molar-refractivity contribution in [3.63, 3.8) is 0 Å². The lowest BCUT2D eigenvalue weighted by atomic mass is 9.93. The topological polar surface area (TPSA) is 62.9 Å². The zero-order valence-corrected chi connectivity index (χ0v) is 16.0. The first kappa shape index (κ1) is 17.7. The predicted octanol–water partition coefficient (Wildman–Crippen LogP) is 3.72. The van der Waals surface area contributed by atoms with E-state index in [1.54, 1.807) is 23.1 Å². The van der Waals surface area contributed by atoms with Crippen LogP contribution in [-0.2, 0) is 17.8 Å².